The highest BCUT2D eigenvalue weighted by Gasteiger charge is 2.03. The third kappa shape index (κ3) is 3.09. The Labute approximate surface area is 106 Å². The Morgan fingerprint density at radius 1 is 1.06 bits per heavy atom. The van der Waals surface area contributed by atoms with E-state index in [-0.39, 0.29) is 0 Å². The zero-order chi connectivity index (χ0) is 12.8. The van der Waals surface area contributed by atoms with Crippen LogP contribution in [0.2, 0.25) is 0 Å². The van der Waals surface area contributed by atoms with Gasteiger partial charge in [-0.05, 0) is 23.3 Å². The maximum absolute atomic E-state index is 8.70. The van der Waals surface area contributed by atoms with E-state index in [1.54, 1.807) is 0 Å². The lowest BCUT2D eigenvalue weighted by Crippen LogP contribution is -2.06. The minimum atomic E-state index is -0.576. The summed E-state index contributed by atoms with van der Waals surface area (Å²) in [6.07, 6.45) is 0. The molecule has 0 fully saturated rings. The molecule has 0 saturated carbocycles. The van der Waals surface area contributed by atoms with Gasteiger partial charge in [-0.25, -0.2) is 0 Å². The Morgan fingerprint density at radius 2 is 1.72 bits per heavy atom. The van der Waals surface area contributed by atoms with Gasteiger partial charge in [0.2, 0.25) is 0 Å². The first-order valence-corrected chi connectivity index (χ1v) is 5.71. The standard InChI is InChI=1S/C15H14N2O/c16-10-15(17)13-6-8-14(9-7-13)18-11-12-4-2-1-3-5-12/h1-9,15H,11,17H2/t15-/m1/s1. The monoisotopic (exact) mass is 238 g/mol. The average Bonchev–Trinajstić information content (AvgIpc) is 2.46. The predicted octanol–water partition coefficient (Wildman–Crippen LogP) is 2.79. The van der Waals surface area contributed by atoms with E-state index in [1.807, 2.05) is 60.7 Å². The van der Waals surface area contributed by atoms with Crippen molar-refractivity contribution in [3.8, 4) is 11.8 Å². The van der Waals surface area contributed by atoms with Crippen LogP contribution in [-0.2, 0) is 6.61 Å². The molecule has 0 aliphatic carbocycles. The maximum atomic E-state index is 8.70. The van der Waals surface area contributed by atoms with Crippen molar-refractivity contribution in [2.24, 2.45) is 5.73 Å². The van der Waals surface area contributed by atoms with Crippen molar-refractivity contribution in [2.75, 3.05) is 0 Å². The Morgan fingerprint density at radius 3 is 2.33 bits per heavy atom. The quantitative estimate of drug-likeness (QED) is 0.891. The first kappa shape index (κ1) is 12.2. The second-order valence-corrected chi connectivity index (χ2v) is 3.95. The van der Waals surface area contributed by atoms with E-state index in [0.29, 0.717) is 6.61 Å². The molecule has 3 nitrogen and oxygen atoms in total. The van der Waals surface area contributed by atoms with Crippen molar-refractivity contribution in [3.05, 3.63) is 65.7 Å². The smallest absolute Gasteiger partial charge is 0.119 e. The van der Waals surface area contributed by atoms with Crippen LogP contribution in [0.3, 0.4) is 0 Å². The van der Waals surface area contributed by atoms with Crippen molar-refractivity contribution < 1.29 is 4.74 Å². The highest BCUT2D eigenvalue weighted by molar-refractivity contribution is 5.31. The maximum Gasteiger partial charge on any atom is 0.119 e. The van der Waals surface area contributed by atoms with E-state index in [2.05, 4.69) is 0 Å². The number of rotatable bonds is 4. The summed E-state index contributed by atoms with van der Waals surface area (Å²) in [6, 6.07) is 18.7. The fraction of sp³-hybridized carbons (Fsp3) is 0.133. The van der Waals surface area contributed by atoms with Gasteiger partial charge in [0.1, 0.15) is 18.4 Å². The summed E-state index contributed by atoms with van der Waals surface area (Å²) < 4.78 is 5.64. The largest absolute Gasteiger partial charge is 0.489 e. The van der Waals surface area contributed by atoms with Crippen LogP contribution in [0.1, 0.15) is 17.2 Å². The second-order valence-electron chi connectivity index (χ2n) is 3.95. The van der Waals surface area contributed by atoms with Crippen molar-refractivity contribution in [3.63, 3.8) is 0 Å². The van der Waals surface area contributed by atoms with Crippen molar-refractivity contribution in [1.29, 1.82) is 5.26 Å². The predicted molar refractivity (Wildman–Crippen MR) is 69.8 cm³/mol. The van der Waals surface area contributed by atoms with Crippen molar-refractivity contribution in [1.82, 2.24) is 0 Å². The summed E-state index contributed by atoms with van der Waals surface area (Å²) in [5, 5.41) is 8.70. The van der Waals surface area contributed by atoms with Crippen molar-refractivity contribution in [2.45, 2.75) is 12.6 Å². The molecule has 0 unspecified atom stereocenters. The molecule has 0 bridgehead atoms. The Hall–Kier alpha value is -2.31. The topological polar surface area (TPSA) is 59.0 Å². The van der Waals surface area contributed by atoms with Crippen LogP contribution in [0.15, 0.2) is 54.6 Å². The van der Waals surface area contributed by atoms with E-state index in [0.717, 1.165) is 16.9 Å². The van der Waals surface area contributed by atoms with Crippen LogP contribution in [0.4, 0.5) is 0 Å². The number of hydrogen-bond donors (Lipinski definition) is 1. The molecule has 2 aromatic rings. The molecule has 1 atom stereocenters. The number of nitrogens with zero attached hydrogens (tertiary/aromatic N) is 1. The minimum absolute atomic E-state index is 0.532. The zero-order valence-corrected chi connectivity index (χ0v) is 9.91. The lowest BCUT2D eigenvalue weighted by Gasteiger charge is -2.08. The van der Waals surface area contributed by atoms with Crippen LogP contribution in [-0.4, -0.2) is 0 Å². The summed E-state index contributed by atoms with van der Waals surface area (Å²) in [4.78, 5) is 0. The molecule has 2 aromatic carbocycles. The molecule has 18 heavy (non-hydrogen) atoms. The van der Waals surface area contributed by atoms with Gasteiger partial charge in [0.15, 0.2) is 0 Å². The summed E-state index contributed by atoms with van der Waals surface area (Å²) in [5.74, 6) is 0.771. The van der Waals surface area contributed by atoms with Crippen LogP contribution in [0, 0.1) is 11.3 Å². The van der Waals surface area contributed by atoms with E-state index in [1.165, 1.54) is 0 Å². The van der Waals surface area contributed by atoms with Gasteiger partial charge in [-0.1, -0.05) is 42.5 Å². The van der Waals surface area contributed by atoms with E-state index >= 15 is 0 Å². The Balaban J connectivity index is 1.97. The van der Waals surface area contributed by atoms with Gasteiger partial charge in [-0.15, -0.1) is 0 Å². The second kappa shape index (κ2) is 5.85. The van der Waals surface area contributed by atoms with Crippen LogP contribution < -0.4 is 10.5 Å². The van der Waals surface area contributed by atoms with Gasteiger partial charge in [0.25, 0.3) is 0 Å². The van der Waals surface area contributed by atoms with Gasteiger partial charge in [0, 0.05) is 0 Å². The first-order chi connectivity index (χ1) is 8.79. The van der Waals surface area contributed by atoms with Gasteiger partial charge in [-0.3, -0.25) is 0 Å². The zero-order valence-electron chi connectivity index (χ0n) is 9.91. The van der Waals surface area contributed by atoms with Gasteiger partial charge in [0.05, 0.1) is 6.07 Å². The molecule has 0 heterocycles. The molecule has 2 rings (SSSR count). The SMILES string of the molecule is N#C[C@@H](N)c1ccc(OCc2ccccc2)cc1. The summed E-state index contributed by atoms with van der Waals surface area (Å²) >= 11 is 0. The molecule has 3 heteroatoms. The number of nitriles is 1. The molecule has 0 aromatic heterocycles. The van der Waals surface area contributed by atoms with E-state index < -0.39 is 6.04 Å². The molecule has 0 radical (unpaired) electrons. The minimum Gasteiger partial charge on any atom is -0.489 e. The normalized spacial score (nSPS) is 11.6. The van der Waals surface area contributed by atoms with Crippen LogP contribution in [0.25, 0.3) is 0 Å². The average molecular weight is 238 g/mol. The third-order valence-corrected chi connectivity index (χ3v) is 2.63. The molecular formula is C15H14N2O. The first-order valence-electron chi connectivity index (χ1n) is 5.71. The van der Waals surface area contributed by atoms with Gasteiger partial charge < -0.3 is 10.5 Å². The van der Waals surface area contributed by atoms with E-state index in [9.17, 15) is 0 Å². The fourth-order valence-electron chi connectivity index (χ4n) is 1.59. The van der Waals surface area contributed by atoms with Crippen molar-refractivity contribution >= 4 is 0 Å². The number of benzene rings is 2. The van der Waals surface area contributed by atoms with E-state index in [4.69, 9.17) is 15.7 Å². The summed E-state index contributed by atoms with van der Waals surface area (Å²) in [5.41, 5.74) is 7.52. The Bertz CT molecular complexity index is 529. The molecule has 0 saturated heterocycles. The lowest BCUT2D eigenvalue weighted by atomic mass is 10.1. The molecule has 0 aliphatic rings. The third-order valence-electron chi connectivity index (χ3n) is 2.63. The number of nitrogens with two attached hydrogens (primary N) is 1. The number of ether oxygens (including phenoxy) is 1. The molecule has 0 spiro atoms. The fourth-order valence-corrected chi connectivity index (χ4v) is 1.59. The summed E-state index contributed by atoms with van der Waals surface area (Å²) in [6.45, 7) is 0.532. The highest BCUT2D eigenvalue weighted by atomic mass is 16.5. The molecular weight excluding hydrogens is 224 g/mol. The summed E-state index contributed by atoms with van der Waals surface area (Å²) in [7, 11) is 0. The molecule has 0 amide bonds. The molecule has 90 valence electrons. The van der Waals surface area contributed by atoms with Gasteiger partial charge >= 0.3 is 0 Å². The molecule has 0 aliphatic heterocycles. The lowest BCUT2D eigenvalue weighted by molar-refractivity contribution is 0.306. The number of hydrogen-bond acceptors (Lipinski definition) is 3. The highest BCUT2D eigenvalue weighted by Crippen LogP contribution is 2.17. The van der Waals surface area contributed by atoms with Crippen LogP contribution >= 0.6 is 0 Å². The Kier molecular flexibility index (Phi) is 3.95. The molecule has 2 N–H and O–H groups in total. The van der Waals surface area contributed by atoms with Gasteiger partial charge in [-0.2, -0.15) is 5.26 Å². The van der Waals surface area contributed by atoms with Crippen LogP contribution in [0.5, 0.6) is 5.75 Å².